The largest absolute Gasteiger partial charge is 0.489 e. The van der Waals surface area contributed by atoms with E-state index in [2.05, 4.69) is 33.4 Å². The number of allylic oxidation sites excluding steroid dienone is 2. The van der Waals surface area contributed by atoms with Crippen LogP contribution in [0.15, 0.2) is 48.3 Å². The highest BCUT2D eigenvalue weighted by Gasteiger charge is 2.46. The summed E-state index contributed by atoms with van der Waals surface area (Å²) >= 11 is 0. The smallest absolute Gasteiger partial charge is 0.138 e. The van der Waals surface area contributed by atoms with Crippen LogP contribution in [0.5, 0.6) is 11.5 Å². The van der Waals surface area contributed by atoms with Crippen LogP contribution in [-0.2, 0) is 4.74 Å². The molecule has 0 radical (unpaired) electrons. The molecule has 0 spiro atoms. The van der Waals surface area contributed by atoms with Gasteiger partial charge in [-0.15, -0.1) is 0 Å². The number of epoxide rings is 1. The second kappa shape index (κ2) is 6.25. The molecule has 0 bridgehead atoms. The average molecular weight is 312 g/mol. The summed E-state index contributed by atoms with van der Waals surface area (Å²) in [7, 11) is 0. The fraction of sp³-hybridized carbons (Fsp3) is 0.400. The summed E-state index contributed by atoms with van der Waals surface area (Å²) in [5.41, 5.74) is 2.46. The maximum absolute atomic E-state index is 5.80. The van der Waals surface area contributed by atoms with Crippen molar-refractivity contribution in [2.45, 2.75) is 45.3 Å². The normalized spacial score (nSPS) is 21.6. The first kappa shape index (κ1) is 15.9. The van der Waals surface area contributed by atoms with E-state index in [4.69, 9.17) is 14.2 Å². The second-order valence-electron chi connectivity index (χ2n) is 6.71. The highest BCUT2D eigenvalue weighted by atomic mass is 16.6. The molecule has 1 aromatic carbocycles. The predicted molar refractivity (Wildman–Crippen MR) is 92.7 cm³/mol. The van der Waals surface area contributed by atoms with Crippen LogP contribution in [-0.4, -0.2) is 18.3 Å². The molecule has 0 saturated carbocycles. The maximum Gasteiger partial charge on any atom is 0.138 e. The minimum atomic E-state index is 0.0817. The molecule has 2 heterocycles. The molecule has 0 aromatic heterocycles. The van der Waals surface area contributed by atoms with E-state index in [0.29, 0.717) is 18.5 Å². The van der Waals surface area contributed by atoms with Crippen molar-refractivity contribution in [2.24, 2.45) is 0 Å². The number of ether oxygens (including phenoxy) is 3. The van der Waals surface area contributed by atoms with Gasteiger partial charge in [0.1, 0.15) is 23.9 Å². The van der Waals surface area contributed by atoms with Crippen LogP contribution < -0.4 is 9.47 Å². The van der Waals surface area contributed by atoms with Crippen LogP contribution in [0.1, 0.15) is 39.2 Å². The number of benzene rings is 1. The Morgan fingerprint density at radius 1 is 1.35 bits per heavy atom. The van der Waals surface area contributed by atoms with Gasteiger partial charge in [-0.05, 0) is 64.0 Å². The zero-order chi connectivity index (χ0) is 16.4. The number of hydrogen-bond acceptors (Lipinski definition) is 3. The Morgan fingerprint density at radius 3 is 2.87 bits per heavy atom. The summed E-state index contributed by atoms with van der Waals surface area (Å²) in [4.78, 5) is 0. The predicted octanol–water partition coefficient (Wildman–Crippen LogP) is 4.89. The van der Waals surface area contributed by atoms with E-state index in [9.17, 15) is 0 Å². The van der Waals surface area contributed by atoms with Crippen molar-refractivity contribution in [3.8, 4) is 11.5 Å². The Hall–Kier alpha value is -2.00. The highest BCUT2D eigenvalue weighted by molar-refractivity contribution is 5.63. The molecule has 2 aliphatic rings. The van der Waals surface area contributed by atoms with E-state index in [1.807, 2.05) is 30.4 Å². The Morgan fingerprint density at radius 2 is 2.13 bits per heavy atom. The highest BCUT2D eigenvalue weighted by Crippen LogP contribution is 2.38. The third-order valence-corrected chi connectivity index (χ3v) is 4.32. The van der Waals surface area contributed by atoms with Crippen molar-refractivity contribution in [1.82, 2.24) is 0 Å². The lowest BCUT2D eigenvalue weighted by molar-refractivity contribution is 0.320. The second-order valence-corrected chi connectivity index (χ2v) is 6.71. The van der Waals surface area contributed by atoms with Gasteiger partial charge in [-0.25, -0.2) is 0 Å². The summed E-state index contributed by atoms with van der Waals surface area (Å²) in [6, 6.07) is 5.87. The summed E-state index contributed by atoms with van der Waals surface area (Å²) in [6.07, 6.45) is 8.53. The van der Waals surface area contributed by atoms with Crippen molar-refractivity contribution in [3.05, 3.63) is 53.8 Å². The molecule has 3 rings (SSSR count). The lowest BCUT2D eigenvalue weighted by Gasteiger charge is -2.15. The SMILES string of the molecule is C=C1C=Cc2ccc(OCC=C(C)CCC3OC3(C)C)cc2O1. The minimum Gasteiger partial charge on any atom is -0.489 e. The topological polar surface area (TPSA) is 31.0 Å². The van der Waals surface area contributed by atoms with Gasteiger partial charge in [0.25, 0.3) is 0 Å². The summed E-state index contributed by atoms with van der Waals surface area (Å²) in [6.45, 7) is 10.8. The van der Waals surface area contributed by atoms with Gasteiger partial charge in [-0.2, -0.15) is 0 Å². The summed E-state index contributed by atoms with van der Waals surface area (Å²) in [5.74, 6) is 2.25. The molecule has 3 heteroatoms. The van der Waals surface area contributed by atoms with Crippen LogP contribution in [0.3, 0.4) is 0 Å². The van der Waals surface area contributed by atoms with Gasteiger partial charge in [-0.1, -0.05) is 12.2 Å². The molecular weight excluding hydrogens is 288 g/mol. The van der Waals surface area contributed by atoms with Crippen molar-refractivity contribution in [3.63, 3.8) is 0 Å². The summed E-state index contributed by atoms with van der Waals surface area (Å²) < 4.78 is 17.0. The number of fused-ring (bicyclic) bond motifs is 1. The van der Waals surface area contributed by atoms with E-state index < -0.39 is 0 Å². The van der Waals surface area contributed by atoms with Gasteiger partial charge in [0.15, 0.2) is 0 Å². The number of hydrogen-bond donors (Lipinski definition) is 0. The molecule has 2 aliphatic heterocycles. The van der Waals surface area contributed by atoms with Gasteiger partial charge < -0.3 is 14.2 Å². The van der Waals surface area contributed by atoms with E-state index >= 15 is 0 Å². The monoisotopic (exact) mass is 312 g/mol. The van der Waals surface area contributed by atoms with Crippen molar-refractivity contribution >= 4 is 6.08 Å². The Labute approximate surface area is 138 Å². The Bertz CT molecular complexity index is 667. The van der Waals surface area contributed by atoms with Crippen LogP contribution in [0.2, 0.25) is 0 Å². The quantitative estimate of drug-likeness (QED) is 0.553. The van der Waals surface area contributed by atoms with Crippen molar-refractivity contribution in [2.75, 3.05) is 6.61 Å². The van der Waals surface area contributed by atoms with Gasteiger partial charge in [-0.3, -0.25) is 0 Å². The van der Waals surface area contributed by atoms with E-state index in [-0.39, 0.29) is 5.60 Å². The number of rotatable bonds is 6. The average Bonchev–Trinajstić information content (AvgIpc) is 3.12. The summed E-state index contributed by atoms with van der Waals surface area (Å²) in [5, 5.41) is 0. The molecule has 1 atom stereocenters. The zero-order valence-corrected chi connectivity index (χ0v) is 14.1. The van der Waals surface area contributed by atoms with Gasteiger partial charge in [0, 0.05) is 11.6 Å². The third-order valence-electron chi connectivity index (χ3n) is 4.32. The van der Waals surface area contributed by atoms with Crippen molar-refractivity contribution in [1.29, 1.82) is 0 Å². The molecule has 1 fully saturated rings. The molecular formula is C20H24O3. The molecule has 1 aromatic rings. The minimum absolute atomic E-state index is 0.0817. The fourth-order valence-corrected chi connectivity index (χ4v) is 2.67. The molecule has 122 valence electrons. The van der Waals surface area contributed by atoms with Gasteiger partial charge >= 0.3 is 0 Å². The van der Waals surface area contributed by atoms with E-state index in [1.165, 1.54) is 5.57 Å². The van der Waals surface area contributed by atoms with Crippen LogP contribution >= 0.6 is 0 Å². The third kappa shape index (κ3) is 4.05. The molecule has 23 heavy (non-hydrogen) atoms. The van der Waals surface area contributed by atoms with Crippen LogP contribution in [0.25, 0.3) is 6.08 Å². The van der Waals surface area contributed by atoms with Crippen molar-refractivity contribution < 1.29 is 14.2 Å². The molecule has 0 aliphatic carbocycles. The Balaban J connectivity index is 1.48. The fourth-order valence-electron chi connectivity index (χ4n) is 2.67. The molecule has 3 nitrogen and oxygen atoms in total. The van der Waals surface area contributed by atoms with Crippen LogP contribution in [0.4, 0.5) is 0 Å². The molecule has 1 saturated heterocycles. The van der Waals surface area contributed by atoms with E-state index in [0.717, 1.165) is 29.9 Å². The molecule has 0 amide bonds. The first-order valence-electron chi connectivity index (χ1n) is 8.09. The van der Waals surface area contributed by atoms with Gasteiger partial charge in [0.2, 0.25) is 0 Å². The zero-order valence-electron chi connectivity index (χ0n) is 14.1. The standard InChI is InChI=1S/C20H24O3/c1-14(5-10-19-20(3,4)23-19)11-12-21-17-9-8-16-7-6-15(2)22-18(16)13-17/h6-9,11,13,19H,2,5,10,12H2,1,3-4H3. The molecule has 0 N–H and O–H groups in total. The first-order valence-corrected chi connectivity index (χ1v) is 8.09. The lowest BCUT2D eigenvalue weighted by Crippen LogP contribution is -2.03. The van der Waals surface area contributed by atoms with Crippen LogP contribution in [0, 0.1) is 0 Å². The van der Waals surface area contributed by atoms with Gasteiger partial charge in [0.05, 0.1) is 11.7 Å². The Kier molecular flexibility index (Phi) is 4.31. The lowest BCUT2D eigenvalue weighted by atomic mass is 10.0. The first-order chi connectivity index (χ1) is 10.9. The van der Waals surface area contributed by atoms with E-state index in [1.54, 1.807) is 0 Å². The molecule has 1 unspecified atom stereocenters. The maximum atomic E-state index is 5.80.